The highest BCUT2D eigenvalue weighted by Crippen LogP contribution is 2.22. The number of amides is 3. The predicted octanol–water partition coefficient (Wildman–Crippen LogP) is 0.341. The first-order valence-electron chi connectivity index (χ1n) is 8.18. The van der Waals surface area contributed by atoms with Crippen LogP contribution in [0.2, 0.25) is 0 Å². The molecule has 26 heavy (non-hydrogen) atoms. The minimum absolute atomic E-state index is 0.188. The molecule has 3 amide bonds. The van der Waals surface area contributed by atoms with E-state index in [4.69, 9.17) is 5.73 Å². The van der Waals surface area contributed by atoms with Crippen LogP contribution in [-0.4, -0.2) is 62.3 Å². The lowest BCUT2D eigenvalue weighted by Gasteiger charge is -2.34. The maximum absolute atomic E-state index is 12.9. The topological polar surface area (TPSA) is 113 Å². The molecular formula is C17H20N4O4S. The molecule has 1 aliphatic heterocycles. The molecule has 0 unspecified atom stereocenters. The van der Waals surface area contributed by atoms with Crippen molar-refractivity contribution in [2.75, 3.05) is 32.7 Å². The number of hydrogen-bond acceptors (Lipinski definition) is 4. The van der Waals surface area contributed by atoms with E-state index in [1.165, 1.54) is 9.21 Å². The van der Waals surface area contributed by atoms with Crippen molar-refractivity contribution >= 4 is 32.7 Å². The molecule has 0 bridgehead atoms. The fourth-order valence-electron chi connectivity index (χ4n) is 2.93. The molecule has 0 aliphatic carbocycles. The first-order valence-corrected chi connectivity index (χ1v) is 9.62. The van der Waals surface area contributed by atoms with Crippen LogP contribution in [0, 0.1) is 0 Å². The monoisotopic (exact) mass is 376 g/mol. The third kappa shape index (κ3) is 3.78. The van der Waals surface area contributed by atoms with Crippen LogP contribution in [0.25, 0.3) is 10.8 Å². The Balaban J connectivity index is 1.69. The van der Waals surface area contributed by atoms with Gasteiger partial charge in [-0.1, -0.05) is 30.3 Å². The third-order valence-corrected chi connectivity index (χ3v) is 6.26. The number of hydrogen-bond donors (Lipinski definition) is 2. The molecule has 2 aromatic carbocycles. The van der Waals surface area contributed by atoms with E-state index in [1.807, 2.05) is 24.3 Å². The van der Waals surface area contributed by atoms with Crippen molar-refractivity contribution in [3.63, 3.8) is 0 Å². The summed E-state index contributed by atoms with van der Waals surface area (Å²) in [6, 6.07) is 11.9. The molecule has 1 heterocycles. The highest BCUT2D eigenvalue weighted by atomic mass is 32.2. The predicted molar refractivity (Wildman–Crippen MR) is 96.9 cm³/mol. The minimum Gasteiger partial charge on any atom is -0.352 e. The lowest BCUT2D eigenvalue weighted by Crippen LogP contribution is -2.52. The first-order chi connectivity index (χ1) is 12.4. The van der Waals surface area contributed by atoms with Crippen molar-refractivity contribution in [1.82, 2.24) is 14.5 Å². The lowest BCUT2D eigenvalue weighted by molar-refractivity contribution is -0.131. The molecule has 1 aliphatic rings. The van der Waals surface area contributed by atoms with Gasteiger partial charge in [0.15, 0.2) is 0 Å². The molecule has 1 saturated heterocycles. The molecule has 2 aromatic rings. The van der Waals surface area contributed by atoms with Crippen molar-refractivity contribution in [1.29, 1.82) is 0 Å². The largest absolute Gasteiger partial charge is 0.352 e. The van der Waals surface area contributed by atoms with E-state index < -0.39 is 16.1 Å². The number of fused-ring (bicyclic) bond motifs is 1. The Kier molecular flexibility index (Phi) is 5.10. The second-order valence-corrected chi connectivity index (χ2v) is 7.95. The van der Waals surface area contributed by atoms with E-state index in [9.17, 15) is 18.0 Å². The van der Waals surface area contributed by atoms with Crippen LogP contribution in [0.3, 0.4) is 0 Å². The van der Waals surface area contributed by atoms with Crippen molar-refractivity contribution in [2.45, 2.75) is 4.90 Å². The molecule has 0 atom stereocenters. The molecule has 3 N–H and O–H groups in total. The Morgan fingerprint density at radius 3 is 2.31 bits per heavy atom. The molecule has 9 heteroatoms. The van der Waals surface area contributed by atoms with Gasteiger partial charge in [-0.05, 0) is 22.9 Å². The molecule has 0 aromatic heterocycles. The van der Waals surface area contributed by atoms with Crippen LogP contribution in [0.5, 0.6) is 0 Å². The van der Waals surface area contributed by atoms with Gasteiger partial charge in [0.2, 0.25) is 15.9 Å². The third-order valence-electron chi connectivity index (χ3n) is 4.36. The van der Waals surface area contributed by atoms with Crippen molar-refractivity contribution in [3.05, 3.63) is 42.5 Å². The molecular weight excluding hydrogens is 356 g/mol. The quantitative estimate of drug-likeness (QED) is 0.801. The van der Waals surface area contributed by atoms with Crippen LogP contribution in [0.1, 0.15) is 0 Å². The number of primary amides is 1. The molecule has 0 saturated carbocycles. The zero-order chi connectivity index (χ0) is 18.7. The van der Waals surface area contributed by atoms with E-state index in [1.54, 1.807) is 18.2 Å². The number of nitrogens with zero attached hydrogens (tertiary/aromatic N) is 2. The highest BCUT2D eigenvalue weighted by molar-refractivity contribution is 7.89. The van der Waals surface area contributed by atoms with Gasteiger partial charge in [-0.15, -0.1) is 0 Å². The van der Waals surface area contributed by atoms with Gasteiger partial charge in [-0.3, -0.25) is 4.79 Å². The number of carbonyl (C=O) groups excluding carboxylic acids is 2. The van der Waals surface area contributed by atoms with Gasteiger partial charge in [0.1, 0.15) is 0 Å². The van der Waals surface area contributed by atoms with E-state index in [2.05, 4.69) is 5.32 Å². The standard InChI is InChI=1S/C17H20N4O4S/c18-17(23)19-12-16(22)20-7-9-21(10-8-20)26(24,25)15-6-5-13-3-1-2-4-14(13)11-15/h1-6,11H,7-10,12H2,(H3,18,19,23). The number of rotatable bonds is 4. The minimum atomic E-state index is -3.62. The smallest absolute Gasteiger partial charge is 0.312 e. The maximum atomic E-state index is 12.9. The zero-order valence-electron chi connectivity index (χ0n) is 14.1. The van der Waals surface area contributed by atoms with Gasteiger partial charge >= 0.3 is 6.03 Å². The summed E-state index contributed by atoms with van der Waals surface area (Å²) in [5.74, 6) is -0.286. The summed E-state index contributed by atoms with van der Waals surface area (Å²) in [6.45, 7) is 0.764. The maximum Gasteiger partial charge on any atom is 0.312 e. The van der Waals surface area contributed by atoms with Gasteiger partial charge < -0.3 is 16.0 Å². The molecule has 0 radical (unpaired) electrons. The fraction of sp³-hybridized carbons (Fsp3) is 0.294. The first kappa shape index (κ1) is 18.2. The van der Waals surface area contributed by atoms with E-state index in [0.29, 0.717) is 0 Å². The second-order valence-electron chi connectivity index (χ2n) is 6.01. The zero-order valence-corrected chi connectivity index (χ0v) is 14.9. The average Bonchev–Trinajstić information content (AvgIpc) is 2.65. The Labute approximate surface area is 151 Å². The average molecular weight is 376 g/mol. The van der Waals surface area contributed by atoms with Crippen LogP contribution >= 0.6 is 0 Å². The van der Waals surface area contributed by atoms with Crippen LogP contribution < -0.4 is 11.1 Å². The van der Waals surface area contributed by atoms with Gasteiger partial charge in [0.05, 0.1) is 11.4 Å². The van der Waals surface area contributed by atoms with Crippen LogP contribution in [0.15, 0.2) is 47.4 Å². The number of sulfonamides is 1. The van der Waals surface area contributed by atoms with Gasteiger partial charge in [0.25, 0.3) is 0 Å². The van der Waals surface area contributed by atoms with E-state index >= 15 is 0 Å². The number of carbonyl (C=O) groups is 2. The molecule has 0 spiro atoms. The van der Waals surface area contributed by atoms with Gasteiger partial charge in [-0.2, -0.15) is 4.31 Å². The number of nitrogens with one attached hydrogen (secondary N) is 1. The van der Waals surface area contributed by atoms with E-state index in [0.717, 1.165) is 10.8 Å². The summed E-state index contributed by atoms with van der Waals surface area (Å²) in [6.07, 6.45) is 0. The molecule has 3 rings (SSSR count). The molecule has 138 valence electrons. The summed E-state index contributed by atoms with van der Waals surface area (Å²) >= 11 is 0. The highest BCUT2D eigenvalue weighted by Gasteiger charge is 2.30. The Morgan fingerprint density at radius 2 is 1.65 bits per heavy atom. The van der Waals surface area contributed by atoms with Crippen molar-refractivity contribution in [3.8, 4) is 0 Å². The number of benzene rings is 2. The summed E-state index contributed by atoms with van der Waals surface area (Å²) in [4.78, 5) is 24.4. The van der Waals surface area contributed by atoms with Crippen molar-refractivity contribution in [2.24, 2.45) is 5.73 Å². The van der Waals surface area contributed by atoms with E-state index in [-0.39, 0.29) is 43.5 Å². The SMILES string of the molecule is NC(=O)NCC(=O)N1CCN(S(=O)(=O)c2ccc3ccccc3c2)CC1. The molecule has 8 nitrogen and oxygen atoms in total. The van der Waals surface area contributed by atoms with Crippen molar-refractivity contribution < 1.29 is 18.0 Å². The summed E-state index contributed by atoms with van der Waals surface area (Å²) in [5, 5.41) is 4.08. The Hall–Kier alpha value is -2.65. The Morgan fingerprint density at radius 1 is 1.00 bits per heavy atom. The number of piperazine rings is 1. The molecule has 1 fully saturated rings. The normalized spacial score (nSPS) is 15.8. The summed E-state index contributed by atoms with van der Waals surface area (Å²) < 4.78 is 27.1. The second kappa shape index (κ2) is 7.30. The van der Waals surface area contributed by atoms with Gasteiger partial charge in [0, 0.05) is 26.2 Å². The van der Waals surface area contributed by atoms with Crippen LogP contribution in [-0.2, 0) is 14.8 Å². The number of urea groups is 1. The van der Waals surface area contributed by atoms with Gasteiger partial charge in [-0.25, -0.2) is 13.2 Å². The number of nitrogens with two attached hydrogens (primary N) is 1. The Bertz CT molecular complexity index is 937. The van der Waals surface area contributed by atoms with Crippen LogP contribution in [0.4, 0.5) is 4.79 Å². The lowest BCUT2D eigenvalue weighted by atomic mass is 10.1. The summed E-state index contributed by atoms with van der Waals surface area (Å²) in [7, 11) is -3.62. The fourth-order valence-corrected chi connectivity index (χ4v) is 4.39. The summed E-state index contributed by atoms with van der Waals surface area (Å²) in [5.41, 5.74) is 4.94.